The normalized spacial score (nSPS) is 16.4. The van der Waals surface area contributed by atoms with E-state index < -0.39 is 0 Å². The van der Waals surface area contributed by atoms with Gasteiger partial charge in [0.25, 0.3) is 0 Å². The average molecular weight is 504 g/mol. The van der Waals surface area contributed by atoms with E-state index >= 15 is 0 Å². The highest BCUT2D eigenvalue weighted by molar-refractivity contribution is 6.20. The summed E-state index contributed by atoms with van der Waals surface area (Å²) in [7, 11) is 0. The van der Waals surface area contributed by atoms with Gasteiger partial charge in [-0.05, 0) is 45.2 Å². The van der Waals surface area contributed by atoms with E-state index in [0.29, 0.717) is 6.67 Å². The zero-order chi connectivity index (χ0) is 26.2. The predicted octanol–water partition coefficient (Wildman–Crippen LogP) is 8.03. The van der Waals surface area contributed by atoms with Crippen LogP contribution < -0.4 is 11.1 Å². The Morgan fingerprint density at radius 3 is 2.23 bits per heavy atom. The Hall–Kier alpha value is -4.86. The van der Waals surface area contributed by atoms with E-state index in [9.17, 15) is 0 Å². The lowest BCUT2D eigenvalue weighted by atomic mass is 9.95. The van der Waals surface area contributed by atoms with Crippen LogP contribution in [-0.2, 0) is 6.67 Å². The van der Waals surface area contributed by atoms with Crippen molar-refractivity contribution < 1.29 is 0 Å². The third-order valence-corrected chi connectivity index (χ3v) is 7.77. The maximum absolute atomic E-state index is 6.79. The van der Waals surface area contributed by atoms with Crippen molar-refractivity contribution in [3.8, 4) is 11.1 Å². The molecule has 1 atom stereocenters. The molecule has 0 radical (unpaired) electrons. The fourth-order valence-corrected chi connectivity index (χ4v) is 5.79. The summed E-state index contributed by atoms with van der Waals surface area (Å²) in [6.07, 6.45) is 8.46. The van der Waals surface area contributed by atoms with Crippen molar-refractivity contribution in [2.45, 2.75) is 12.7 Å². The maximum Gasteiger partial charge on any atom is 0.0739 e. The number of aromatic nitrogens is 1. The number of hydrogen-bond acceptors (Lipinski definition) is 2. The second-order valence-corrected chi connectivity index (χ2v) is 10.0. The van der Waals surface area contributed by atoms with Crippen LogP contribution in [0, 0.1) is 0 Å². The smallest absolute Gasteiger partial charge is 0.0739 e. The monoisotopic (exact) mass is 503 g/mol. The highest BCUT2D eigenvalue weighted by Gasteiger charge is 2.18. The lowest BCUT2D eigenvalue weighted by molar-refractivity contribution is 0.562. The SMILES string of the molecule is N/C(=C1/C=CC=CC1NCn1c2ccccc2c2c3ccccc3ccc21)c1ccc(-c2ccccc2)cc1. The standard InChI is InChI=1S/C36H29N3/c37-36(28-20-18-26(19-21-28)25-10-2-1-3-11-25)30-14-6-8-16-32(30)38-24-39-33-17-9-7-15-31(33)35-29-13-5-4-12-27(29)22-23-34(35)39/h1-23,32,38H,24,37H2/b36-30-. The quantitative estimate of drug-likeness (QED) is 0.250. The topological polar surface area (TPSA) is 43.0 Å². The second-order valence-electron chi connectivity index (χ2n) is 10.0. The fraction of sp³-hybridized carbons (Fsp3) is 0.0556. The van der Waals surface area contributed by atoms with E-state index in [-0.39, 0.29) is 6.04 Å². The molecule has 1 heterocycles. The Balaban J connectivity index is 1.23. The van der Waals surface area contributed by atoms with Crippen molar-refractivity contribution in [2.75, 3.05) is 0 Å². The largest absolute Gasteiger partial charge is 0.398 e. The van der Waals surface area contributed by atoms with E-state index in [2.05, 4.69) is 143 Å². The van der Waals surface area contributed by atoms with Crippen LogP contribution in [0.3, 0.4) is 0 Å². The van der Waals surface area contributed by atoms with Crippen molar-refractivity contribution in [1.82, 2.24) is 9.88 Å². The summed E-state index contributed by atoms with van der Waals surface area (Å²) in [6.45, 7) is 0.662. The molecule has 1 aromatic heterocycles. The summed E-state index contributed by atoms with van der Waals surface area (Å²) in [5.74, 6) is 0. The molecule has 3 heteroatoms. The number of hydrogen-bond donors (Lipinski definition) is 2. The lowest BCUT2D eigenvalue weighted by Crippen LogP contribution is -2.32. The van der Waals surface area contributed by atoms with Crippen LogP contribution in [0.15, 0.2) is 145 Å². The first-order valence-corrected chi connectivity index (χ1v) is 13.4. The molecule has 0 saturated carbocycles. The van der Waals surface area contributed by atoms with E-state index in [4.69, 9.17) is 5.73 Å². The van der Waals surface area contributed by atoms with Gasteiger partial charge in [0.05, 0.1) is 23.7 Å². The number of allylic oxidation sites excluding steroid dienone is 2. The van der Waals surface area contributed by atoms with Gasteiger partial charge >= 0.3 is 0 Å². The summed E-state index contributed by atoms with van der Waals surface area (Å²) in [5, 5.41) is 8.91. The van der Waals surface area contributed by atoms with Crippen LogP contribution in [0.1, 0.15) is 5.56 Å². The van der Waals surface area contributed by atoms with Crippen molar-refractivity contribution in [3.63, 3.8) is 0 Å². The van der Waals surface area contributed by atoms with E-state index in [1.807, 2.05) is 6.07 Å². The van der Waals surface area contributed by atoms with E-state index in [1.54, 1.807) is 0 Å². The zero-order valence-electron chi connectivity index (χ0n) is 21.6. The van der Waals surface area contributed by atoms with Crippen molar-refractivity contribution in [2.24, 2.45) is 5.73 Å². The third kappa shape index (κ3) is 4.14. The van der Waals surface area contributed by atoms with Crippen molar-refractivity contribution in [1.29, 1.82) is 0 Å². The molecule has 188 valence electrons. The summed E-state index contributed by atoms with van der Waals surface area (Å²) < 4.78 is 2.38. The predicted molar refractivity (Wildman–Crippen MR) is 165 cm³/mol. The number of rotatable bonds is 5. The van der Waals surface area contributed by atoms with Crippen LogP contribution in [0.4, 0.5) is 0 Å². The first-order chi connectivity index (χ1) is 19.3. The van der Waals surface area contributed by atoms with E-state index in [1.165, 1.54) is 43.7 Å². The van der Waals surface area contributed by atoms with Gasteiger partial charge in [-0.3, -0.25) is 5.32 Å². The number of nitrogens with one attached hydrogen (secondary N) is 1. The molecule has 3 N–H and O–H groups in total. The molecule has 1 aliphatic rings. The van der Waals surface area contributed by atoms with Crippen LogP contribution in [-0.4, -0.2) is 10.6 Å². The van der Waals surface area contributed by atoms with E-state index in [0.717, 1.165) is 16.8 Å². The van der Waals surface area contributed by atoms with Crippen LogP contribution in [0.5, 0.6) is 0 Å². The summed E-state index contributed by atoms with van der Waals surface area (Å²) in [5.41, 5.74) is 14.5. The van der Waals surface area contributed by atoms with Crippen LogP contribution in [0.25, 0.3) is 49.4 Å². The van der Waals surface area contributed by atoms with Gasteiger partial charge in [-0.2, -0.15) is 0 Å². The molecule has 0 spiro atoms. The summed E-state index contributed by atoms with van der Waals surface area (Å²) in [6, 6.07) is 40.7. The van der Waals surface area contributed by atoms with Gasteiger partial charge in [-0.25, -0.2) is 0 Å². The molecular formula is C36H29N3. The molecule has 0 saturated heterocycles. The highest BCUT2D eigenvalue weighted by Crippen LogP contribution is 2.34. The summed E-state index contributed by atoms with van der Waals surface area (Å²) >= 11 is 0. The molecule has 0 amide bonds. The Morgan fingerprint density at radius 1 is 0.667 bits per heavy atom. The molecule has 5 aromatic carbocycles. The summed E-state index contributed by atoms with van der Waals surface area (Å²) in [4.78, 5) is 0. The van der Waals surface area contributed by atoms with Crippen LogP contribution >= 0.6 is 0 Å². The van der Waals surface area contributed by atoms with Gasteiger partial charge in [0.15, 0.2) is 0 Å². The molecule has 39 heavy (non-hydrogen) atoms. The minimum Gasteiger partial charge on any atom is -0.398 e. The van der Waals surface area contributed by atoms with Gasteiger partial charge < -0.3 is 10.3 Å². The molecule has 0 bridgehead atoms. The number of benzene rings is 5. The zero-order valence-corrected chi connectivity index (χ0v) is 21.6. The highest BCUT2D eigenvalue weighted by atomic mass is 15.1. The average Bonchev–Trinajstić information content (AvgIpc) is 3.34. The number of para-hydroxylation sites is 1. The fourth-order valence-electron chi connectivity index (χ4n) is 5.79. The molecule has 0 aliphatic heterocycles. The van der Waals surface area contributed by atoms with Gasteiger partial charge in [-0.15, -0.1) is 0 Å². The van der Waals surface area contributed by atoms with Crippen molar-refractivity contribution >= 4 is 38.3 Å². The van der Waals surface area contributed by atoms with Gasteiger partial charge in [0.2, 0.25) is 0 Å². The molecule has 1 aliphatic carbocycles. The van der Waals surface area contributed by atoms with Crippen LogP contribution in [0.2, 0.25) is 0 Å². The molecular weight excluding hydrogens is 474 g/mol. The third-order valence-electron chi connectivity index (χ3n) is 7.77. The lowest BCUT2D eigenvalue weighted by Gasteiger charge is -2.22. The molecule has 7 rings (SSSR count). The first-order valence-electron chi connectivity index (χ1n) is 13.4. The van der Waals surface area contributed by atoms with Crippen molar-refractivity contribution in [3.05, 3.63) is 151 Å². The molecule has 6 aromatic rings. The van der Waals surface area contributed by atoms with Gasteiger partial charge in [-0.1, -0.05) is 127 Å². The minimum absolute atomic E-state index is 0.000434. The molecule has 0 fully saturated rings. The Bertz CT molecular complexity index is 1900. The maximum atomic E-state index is 6.79. The Morgan fingerprint density at radius 2 is 1.38 bits per heavy atom. The number of nitrogens with zero attached hydrogens (tertiary/aromatic N) is 1. The Labute approximate surface area is 228 Å². The Kier molecular flexibility index (Phi) is 5.84. The minimum atomic E-state index is 0.000434. The number of nitrogens with two attached hydrogens (primary N) is 1. The molecule has 1 unspecified atom stereocenters. The second kappa shape index (κ2) is 9.79. The van der Waals surface area contributed by atoms with Gasteiger partial charge in [0, 0.05) is 16.5 Å². The molecule has 3 nitrogen and oxygen atoms in total. The first kappa shape index (κ1) is 23.3. The van der Waals surface area contributed by atoms with Gasteiger partial charge in [0.1, 0.15) is 0 Å². The number of fused-ring (bicyclic) bond motifs is 5.